The minimum atomic E-state index is -1.89. The average molecular weight is 1760 g/mol. The van der Waals surface area contributed by atoms with Gasteiger partial charge in [-0.05, 0) is 130 Å². The second-order valence-electron chi connectivity index (χ2n) is 35.8. The van der Waals surface area contributed by atoms with Crippen molar-refractivity contribution in [2.24, 2.45) is 47.2 Å². The number of aliphatic hydroxyl groups excluding tert-OH is 1. The van der Waals surface area contributed by atoms with Gasteiger partial charge in [0.25, 0.3) is 5.91 Å². The molecule has 0 aliphatic carbocycles. The number of aliphatic hydroxyl groups is 1. The van der Waals surface area contributed by atoms with Gasteiger partial charge in [0.1, 0.15) is 91.5 Å². The van der Waals surface area contributed by atoms with E-state index in [-0.39, 0.29) is 118 Å². The molecule has 1 saturated heterocycles. The molecule has 1 fully saturated rings. The van der Waals surface area contributed by atoms with E-state index in [1.807, 2.05) is 55.4 Å². The number of rotatable bonds is 30. The first-order chi connectivity index (χ1) is 59.0. The predicted molar refractivity (Wildman–Crippen MR) is 472 cm³/mol. The lowest BCUT2D eigenvalue weighted by atomic mass is 9.91. The first-order valence-electron chi connectivity index (χ1n) is 43.5. The number of nitrogens with one attached hydrogen (secondary N) is 7. The number of aromatic amines is 1. The van der Waals surface area contributed by atoms with E-state index in [9.17, 15) is 62.6 Å². The number of esters is 2. The molecule has 10 N–H and O–H groups in total. The Kier molecular flexibility index (Phi) is 40.8. The summed E-state index contributed by atoms with van der Waals surface area (Å²) in [5.74, 6) is -15.6. The van der Waals surface area contributed by atoms with Crippen LogP contribution in [0.1, 0.15) is 196 Å². The molecule has 35 nitrogen and oxygen atoms in total. The largest absolute Gasteiger partial charge is 0.461 e. The van der Waals surface area contributed by atoms with E-state index in [4.69, 9.17) is 20.2 Å². The average Bonchev–Trinajstić information content (AvgIpc) is 1.35. The van der Waals surface area contributed by atoms with Crippen molar-refractivity contribution in [2.75, 3.05) is 55.9 Å². The smallest absolute Gasteiger partial charge is 0.306 e. The molecule has 1 aliphatic rings. The number of amides is 14. The van der Waals surface area contributed by atoms with Gasteiger partial charge < -0.3 is 91.5 Å². The van der Waals surface area contributed by atoms with Crippen LogP contribution < -0.4 is 37.6 Å². The predicted octanol–water partition coefficient (Wildman–Crippen LogP) is 4.54. The van der Waals surface area contributed by atoms with Crippen molar-refractivity contribution in [1.82, 2.24) is 76.2 Å². The van der Waals surface area contributed by atoms with E-state index in [0.717, 1.165) is 14.7 Å². The van der Waals surface area contributed by atoms with E-state index in [1.54, 1.807) is 102 Å². The lowest BCUT2D eigenvalue weighted by Gasteiger charge is -2.41. The van der Waals surface area contributed by atoms with E-state index in [0.29, 0.717) is 16.6 Å². The maximum absolute atomic E-state index is 15.8. The number of aromatic nitrogens is 2. The van der Waals surface area contributed by atoms with Crippen LogP contribution in [0.15, 0.2) is 78.9 Å². The summed E-state index contributed by atoms with van der Waals surface area (Å²) in [6, 6.07) is 5.56. The van der Waals surface area contributed by atoms with Gasteiger partial charge in [-0.2, -0.15) is 0 Å². The number of hydrogen-bond acceptors (Lipinski definition) is 20. The molecule has 0 bridgehead atoms. The fourth-order valence-electron chi connectivity index (χ4n) is 15.1. The molecule has 4 aromatic rings. The van der Waals surface area contributed by atoms with Crippen LogP contribution in [0.5, 0.6) is 0 Å². The number of ether oxygens (including phenoxy) is 2. The normalized spacial score (nSPS) is 22.2. The van der Waals surface area contributed by atoms with Crippen LogP contribution in [0.4, 0.5) is 0 Å². The topological polar surface area (TPSA) is 461 Å². The van der Waals surface area contributed by atoms with Gasteiger partial charge in [-0.3, -0.25) is 76.7 Å². The Morgan fingerprint density at radius 2 is 0.960 bits per heavy atom. The van der Waals surface area contributed by atoms with Crippen molar-refractivity contribution < 1.29 is 91.3 Å². The molecule has 126 heavy (non-hydrogen) atoms. The standard InChI is InChI=1S/C91H138N16O19/c1-24-62-87(120)101(17)47-72(108)102(18)67(41-50(2)3)84(117)100-75(54(10)11)90(123)103(19)68(42-51(4)5)83(116)93-57(15)80(113)94-58(16)86(119)104(20)69(43-52(6)7)88(121)105(21)70(44-53(8)9)89(122)106(22)76(55(12)13)91(124)107(23)77(85(118)97-62)78(111)56(14)45-71-95-63-36-35-61(46-66(63)96-71)81(114)99-65(38-40-74(110)126-49-60-33-29-26-30-34-60)82(115)98-64(79(92)112)37-39-73(109)125-48-59-31-27-25-28-32-59/h25-36,46,50-58,62,64-65,67-70,75-78,111H,24,37-45,47-49H2,1-23H3,(H2,92,112)(H,93,116)(H,94,113)(H,95,96)(H,97,118)(H,98,115)(H,99,114)(H,100,117)/t56-,57+,58-,62+,64+,65+,67+,68+,69+,70+,75+,76+,77+,78-/m1/s1. The minimum absolute atomic E-state index is 0.0323. The van der Waals surface area contributed by atoms with Gasteiger partial charge in [-0.1, -0.05) is 158 Å². The summed E-state index contributed by atoms with van der Waals surface area (Å²) < 4.78 is 10.8. The summed E-state index contributed by atoms with van der Waals surface area (Å²) in [6.45, 7) is 26.6. The number of H-pyrrole nitrogens is 1. The minimum Gasteiger partial charge on any atom is -0.461 e. The molecule has 14 atom stereocenters. The lowest BCUT2D eigenvalue weighted by Crippen LogP contribution is -2.63. The molecule has 35 heteroatoms. The summed E-state index contributed by atoms with van der Waals surface area (Å²) in [5, 5.41) is 29.1. The molecule has 3 aromatic carbocycles. The molecule has 14 amide bonds. The van der Waals surface area contributed by atoms with Gasteiger partial charge in [-0.15, -0.1) is 0 Å². The lowest BCUT2D eigenvalue weighted by molar-refractivity contribution is -0.157. The number of primary amides is 1. The highest BCUT2D eigenvalue weighted by molar-refractivity contribution is 6.02. The van der Waals surface area contributed by atoms with Crippen molar-refractivity contribution in [1.29, 1.82) is 0 Å². The summed E-state index contributed by atoms with van der Waals surface area (Å²) >= 11 is 0. The van der Waals surface area contributed by atoms with Crippen LogP contribution in [-0.4, -0.2) is 278 Å². The zero-order chi connectivity index (χ0) is 94.7. The Labute approximate surface area is 740 Å². The van der Waals surface area contributed by atoms with Crippen LogP contribution in [0.25, 0.3) is 11.0 Å². The summed E-state index contributed by atoms with van der Waals surface area (Å²) in [7, 11) is 9.55. The third-order valence-corrected chi connectivity index (χ3v) is 22.7. The monoisotopic (exact) mass is 1760 g/mol. The Bertz CT molecular complexity index is 4420. The van der Waals surface area contributed by atoms with Crippen LogP contribution in [0, 0.1) is 41.4 Å². The zero-order valence-electron chi connectivity index (χ0n) is 77.7. The maximum atomic E-state index is 15.8. The number of nitrogens with zero attached hydrogens (tertiary/aromatic N) is 8. The van der Waals surface area contributed by atoms with E-state index >= 15 is 19.2 Å². The molecular formula is C91H138N16O19. The summed E-state index contributed by atoms with van der Waals surface area (Å²) in [5.41, 5.74) is 7.68. The number of likely N-dealkylation sites (N-methyl/N-ethyl adjacent to an activating group) is 7. The number of benzene rings is 3. The molecule has 0 spiro atoms. The Morgan fingerprint density at radius 1 is 0.500 bits per heavy atom. The highest BCUT2D eigenvalue weighted by Crippen LogP contribution is 2.28. The van der Waals surface area contributed by atoms with Crippen molar-refractivity contribution in [3.05, 3.63) is 101 Å². The third kappa shape index (κ3) is 30.2. The van der Waals surface area contributed by atoms with Gasteiger partial charge in [-0.25, -0.2) is 4.98 Å². The second kappa shape index (κ2) is 48.9. The number of hydrogen-bond donors (Lipinski definition) is 9. The second-order valence-corrected chi connectivity index (χ2v) is 35.8. The number of nitrogens with two attached hydrogens (primary N) is 1. The Morgan fingerprint density at radius 3 is 1.45 bits per heavy atom. The van der Waals surface area contributed by atoms with Crippen LogP contribution in [0.2, 0.25) is 0 Å². The fourth-order valence-corrected chi connectivity index (χ4v) is 15.1. The highest BCUT2D eigenvalue weighted by Gasteiger charge is 2.47. The molecule has 1 aliphatic heterocycles. The van der Waals surface area contributed by atoms with Crippen LogP contribution in [0.3, 0.4) is 0 Å². The number of imidazole rings is 1. The number of carbonyl (C=O) groups is 16. The van der Waals surface area contributed by atoms with E-state index < -0.39 is 198 Å². The summed E-state index contributed by atoms with van der Waals surface area (Å²) in [6.07, 6.45) is -3.11. The molecule has 696 valence electrons. The van der Waals surface area contributed by atoms with Gasteiger partial charge in [0.2, 0.25) is 76.8 Å². The molecule has 2 heterocycles. The zero-order valence-corrected chi connectivity index (χ0v) is 77.7. The van der Waals surface area contributed by atoms with Crippen molar-refractivity contribution in [2.45, 2.75) is 267 Å². The van der Waals surface area contributed by atoms with E-state index in [1.165, 1.54) is 101 Å². The van der Waals surface area contributed by atoms with E-state index in [2.05, 4.69) is 36.9 Å². The Hall–Kier alpha value is -11.4. The number of carbonyl (C=O) groups excluding carboxylic acids is 16. The van der Waals surface area contributed by atoms with Crippen LogP contribution in [-0.2, 0) is 101 Å². The van der Waals surface area contributed by atoms with Gasteiger partial charge in [0, 0.05) is 74.2 Å². The quantitative estimate of drug-likeness (QED) is 0.0324. The van der Waals surface area contributed by atoms with Gasteiger partial charge in [0.15, 0.2) is 0 Å². The van der Waals surface area contributed by atoms with Crippen molar-refractivity contribution in [3.63, 3.8) is 0 Å². The van der Waals surface area contributed by atoms with Gasteiger partial charge >= 0.3 is 11.9 Å². The maximum Gasteiger partial charge on any atom is 0.306 e. The third-order valence-electron chi connectivity index (χ3n) is 22.7. The molecule has 0 saturated carbocycles. The van der Waals surface area contributed by atoms with Crippen molar-refractivity contribution >= 4 is 106 Å². The van der Waals surface area contributed by atoms with Crippen molar-refractivity contribution in [3.8, 4) is 0 Å². The molecule has 5 rings (SSSR count). The van der Waals surface area contributed by atoms with Gasteiger partial charge in [0.05, 0.1) is 23.7 Å². The fraction of sp³-hybridized carbons (Fsp3) is 0.615. The highest BCUT2D eigenvalue weighted by atomic mass is 16.5. The molecule has 0 unspecified atom stereocenters. The molecular weight excluding hydrogens is 1620 g/mol. The first kappa shape index (κ1) is 105. The number of fused-ring (bicyclic) bond motifs is 1. The molecule has 1 aromatic heterocycles. The summed E-state index contributed by atoms with van der Waals surface area (Å²) in [4.78, 5) is 248. The Balaban J connectivity index is 1.58. The first-order valence-corrected chi connectivity index (χ1v) is 43.5. The molecule has 0 radical (unpaired) electrons. The SMILES string of the molecule is CC[C@@H]1NC(=O)[C@H]([C@H](O)[C@H](C)Cc2nc3cc(C(=O)N[C@@H](CCC(=O)OCc4ccccc4)C(=O)N[C@@H](CCC(=O)OCc4ccccc4)C(N)=O)ccc3[nH]2)N(C)C(=O)[C@H](C(C)C)N(C)C(=O)[C@H](CC(C)C)N(C)C(=O)[C@H](CC(C)C)N(C)C(=O)[C@@H](C)NC(=O)[C@H](C)NC(=O)[C@H](CC(C)C)N(C)C(=O)[C@H](C(C)C)NC(=O)[C@H](CC(C)C)N(C)C(=O)CN(C)C1=O. The van der Waals surface area contributed by atoms with Crippen LogP contribution >= 0.6 is 0 Å².